The number of likely N-dealkylation sites (N-methyl/N-ethyl adjacent to an activating group) is 1. The van der Waals surface area contributed by atoms with E-state index >= 15 is 0 Å². The number of anilines is 1. The molecule has 0 saturated heterocycles. The molecular formula is C13H11NO4. The molecule has 5 heteroatoms. The van der Waals surface area contributed by atoms with E-state index in [1.54, 1.807) is 25.1 Å². The van der Waals surface area contributed by atoms with E-state index in [0.29, 0.717) is 11.3 Å². The van der Waals surface area contributed by atoms with Gasteiger partial charge in [-0.15, -0.1) is 0 Å². The molecule has 0 aliphatic heterocycles. The maximum absolute atomic E-state index is 11.3. The number of hydrogen-bond acceptors (Lipinski definition) is 4. The number of benzene rings is 1. The first-order valence-electron chi connectivity index (χ1n) is 5.30. The Bertz CT molecular complexity index is 687. The summed E-state index contributed by atoms with van der Waals surface area (Å²) in [6.45, 7) is 1.80. The molecule has 0 aliphatic rings. The molecular weight excluding hydrogens is 234 g/mol. The molecule has 0 bridgehead atoms. The number of aryl methyl sites for hydroxylation is 1. The molecule has 0 unspecified atom stereocenters. The number of nitrogens with zero attached hydrogens (tertiary/aromatic N) is 1. The molecule has 18 heavy (non-hydrogen) atoms. The Labute approximate surface area is 103 Å². The van der Waals surface area contributed by atoms with E-state index in [9.17, 15) is 14.4 Å². The molecule has 1 aromatic heterocycles. The molecule has 2 rings (SSSR count). The predicted octanol–water partition coefficient (Wildman–Crippen LogP) is 1.26. The second kappa shape index (κ2) is 4.44. The molecule has 1 aromatic carbocycles. The van der Waals surface area contributed by atoms with Gasteiger partial charge in [0, 0.05) is 30.3 Å². The van der Waals surface area contributed by atoms with Crippen LogP contribution in [0.5, 0.6) is 0 Å². The van der Waals surface area contributed by atoms with Crippen molar-refractivity contribution in [1.82, 2.24) is 0 Å². The van der Waals surface area contributed by atoms with Crippen LogP contribution in [0, 0.1) is 6.92 Å². The van der Waals surface area contributed by atoms with Crippen LogP contribution in [-0.4, -0.2) is 19.2 Å². The van der Waals surface area contributed by atoms with Gasteiger partial charge in [0.05, 0.1) is 0 Å². The molecule has 0 atom stereocenters. The highest BCUT2D eigenvalue weighted by molar-refractivity contribution is 6.30. The van der Waals surface area contributed by atoms with Gasteiger partial charge < -0.3 is 9.32 Å². The van der Waals surface area contributed by atoms with Crippen molar-refractivity contribution in [2.24, 2.45) is 0 Å². The van der Waals surface area contributed by atoms with Gasteiger partial charge >= 0.3 is 5.63 Å². The molecule has 0 saturated carbocycles. The summed E-state index contributed by atoms with van der Waals surface area (Å²) in [5.41, 5.74) is 1.25. The van der Waals surface area contributed by atoms with Crippen LogP contribution in [0.1, 0.15) is 5.56 Å². The van der Waals surface area contributed by atoms with E-state index in [-0.39, 0.29) is 6.29 Å². The van der Waals surface area contributed by atoms with Crippen LogP contribution in [0.15, 0.2) is 33.5 Å². The molecule has 2 aromatic rings. The summed E-state index contributed by atoms with van der Waals surface area (Å²) in [5, 5.41) is 0.797. The van der Waals surface area contributed by atoms with Crippen molar-refractivity contribution in [2.45, 2.75) is 6.92 Å². The lowest BCUT2D eigenvalue weighted by Gasteiger charge is -2.14. The van der Waals surface area contributed by atoms with Crippen molar-refractivity contribution in [3.8, 4) is 0 Å². The van der Waals surface area contributed by atoms with Crippen LogP contribution in [0.2, 0.25) is 0 Å². The van der Waals surface area contributed by atoms with E-state index in [4.69, 9.17) is 4.42 Å². The Morgan fingerprint density at radius 3 is 2.72 bits per heavy atom. The van der Waals surface area contributed by atoms with E-state index in [1.165, 1.54) is 18.0 Å². The largest absolute Gasteiger partial charge is 0.423 e. The van der Waals surface area contributed by atoms with Crippen molar-refractivity contribution in [1.29, 1.82) is 0 Å². The second-order valence-electron chi connectivity index (χ2n) is 3.94. The first-order chi connectivity index (χ1) is 8.52. The van der Waals surface area contributed by atoms with Gasteiger partial charge in [-0.3, -0.25) is 9.59 Å². The zero-order valence-corrected chi connectivity index (χ0v) is 9.97. The van der Waals surface area contributed by atoms with Gasteiger partial charge in [0.15, 0.2) is 0 Å². The highest BCUT2D eigenvalue weighted by Crippen LogP contribution is 2.22. The first kappa shape index (κ1) is 12.0. The van der Waals surface area contributed by atoms with Gasteiger partial charge in [0.25, 0.3) is 5.91 Å². The summed E-state index contributed by atoms with van der Waals surface area (Å²) in [4.78, 5) is 34.1. The van der Waals surface area contributed by atoms with E-state index in [2.05, 4.69) is 0 Å². The fourth-order valence-corrected chi connectivity index (χ4v) is 1.73. The van der Waals surface area contributed by atoms with Crippen LogP contribution >= 0.6 is 0 Å². The molecule has 0 radical (unpaired) electrons. The van der Waals surface area contributed by atoms with Crippen molar-refractivity contribution in [3.63, 3.8) is 0 Å². The predicted molar refractivity (Wildman–Crippen MR) is 66.7 cm³/mol. The number of hydrogen-bond donors (Lipinski definition) is 0. The molecule has 1 heterocycles. The average Bonchev–Trinajstić information content (AvgIpc) is 2.36. The summed E-state index contributed by atoms with van der Waals surface area (Å²) in [6.07, 6.45) is 0.233. The third kappa shape index (κ3) is 2.02. The number of amides is 1. The van der Waals surface area contributed by atoms with Gasteiger partial charge in [0.1, 0.15) is 5.58 Å². The minimum atomic E-state index is -0.663. The van der Waals surface area contributed by atoms with Gasteiger partial charge in [-0.25, -0.2) is 4.79 Å². The number of rotatable bonds is 2. The minimum Gasteiger partial charge on any atom is -0.423 e. The third-order valence-electron chi connectivity index (χ3n) is 2.75. The van der Waals surface area contributed by atoms with Crippen molar-refractivity contribution >= 4 is 28.8 Å². The zero-order valence-electron chi connectivity index (χ0n) is 9.97. The number of carbonyl (C=O) groups is 2. The number of fused-ring (bicyclic) bond motifs is 1. The van der Waals surface area contributed by atoms with Crippen LogP contribution in [0.3, 0.4) is 0 Å². The first-order valence-corrected chi connectivity index (χ1v) is 5.30. The smallest absolute Gasteiger partial charge is 0.336 e. The van der Waals surface area contributed by atoms with Crippen molar-refractivity contribution in [2.75, 3.05) is 11.9 Å². The Balaban J connectivity index is 2.60. The summed E-state index contributed by atoms with van der Waals surface area (Å²) in [6, 6.07) is 6.40. The fourth-order valence-electron chi connectivity index (χ4n) is 1.73. The normalized spacial score (nSPS) is 10.3. The van der Waals surface area contributed by atoms with E-state index in [1.807, 2.05) is 0 Å². The minimum absolute atomic E-state index is 0.233. The van der Waals surface area contributed by atoms with E-state index in [0.717, 1.165) is 10.9 Å². The Morgan fingerprint density at radius 1 is 1.33 bits per heavy atom. The molecule has 1 amide bonds. The summed E-state index contributed by atoms with van der Waals surface area (Å²) in [5.74, 6) is -0.663. The van der Waals surface area contributed by atoms with Crippen molar-refractivity contribution in [3.05, 3.63) is 40.2 Å². The molecule has 5 nitrogen and oxygen atoms in total. The average molecular weight is 245 g/mol. The lowest BCUT2D eigenvalue weighted by atomic mass is 10.1. The maximum Gasteiger partial charge on any atom is 0.336 e. The van der Waals surface area contributed by atoms with Gasteiger partial charge in [-0.2, -0.15) is 0 Å². The summed E-state index contributed by atoms with van der Waals surface area (Å²) in [7, 11) is 1.48. The second-order valence-corrected chi connectivity index (χ2v) is 3.94. The zero-order chi connectivity index (χ0) is 13.3. The molecule has 92 valence electrons. The molecule has 0 N–H and O–H groups in total. The van der Waals surface area contributed by atoms with Gasteiger partial charge in [0.2, 0.25) is 6.29 Å². The van der Waals surface area contributed by atoms with E-state index < -0.39 is 11.5 Å². The van der Waals surface area contributed by atoms with Gasteiger partial charge in [-0.1, -0.05) is 0 Å². The summed E-state index contributed by atoms with van der Waals surface area (Å²) < 4.78 is 5.06. The van der Waals surface area contributed by atoms with Crippen molar-refractivity contribution < 1.29 is 14.0 Å². The molecule has 0 aliphatic carbocycles. The highest BCUT2D eigenvalue weighted by Gasteiger charge is 2.11. The van der Waals surface area contributed by atoms with Crippen LogP contribution < -0.4 is 10.5 Å². The standard InChI is InChI=1S/C13H11NO4/c1-8-5-13(17)18-11-6-9(3-4-10(8)11)14(2)12(16)7-15/h3-7H,1-2H3. The van der Waals surface area contributed by atoms with Crippen LogP contribution in [0.4, 0.5) is 5.69 Å². The molecule has 0 fully saturated rings. The van der Waals surface area contributed by atoms with Gasteiger partial charge in [-0.05, 0) is 24.6 Å². The SMILES string of the molecule is Cc1cc(=O)oc2cc(N(C)C(=O)C=O)ccc12. The lowest BCUT2D eigenvalue weighted by molar-refractivity contribution is -0.129. The van der Waals surface area contributed by atoms with Crippen LogP contribution in [0.25, 0.3) is 11.0 Å². The number of aldehydes is 1. The Hall–Kier alpha value is -2.43. The monoisotopic (exact) mass is 245 g/mol. The topological polar surface area (TPSA) is 67.6 Å². The Morgan fingerprint density at radius 2 is 2.06 bits per heavy atom. The lowest BCUT2D eigenvalue weighted by Crippen LogP contribution is -2.26. The van der Waals surface area contributed by atoms with Crippen LogP contribution in [-0.2, 0) is 9.59 Å². The number of carbonyl (C=O) groups excluding carboxylic acids is 2. The quantitative estimate of drug-likeness (QED) is 0.454. The Kier molecular flexibility index (Phi) is 2.97. The highest BCUT2D eigenvalue weighted by atomic mass is 16.4. The third-order valence-corrected chi connectivity index (χ3v) is 2.75. The summed E-state index contributed by atoms with van der Waals surface area (Å²) >= 11 is 0. The molecule has 0 spiro atoms. The maximum atomic E-state index is 11.3. The fraction of sp³-hybridized carbons (Fsp3) is 0.154.